The van der Waals surface area contributed by atoms with Crippen LogP contribution in [0.2, 0.25) is 0 Å². The Bertz CT molecular complexity index is 1030. The van der Waals surface area contributed by atoms with Gasteiger partial charge in [-0.05, 0) is 86.7 Å². The molecule has 1 atom stereocenters. The maximum atomic E-state index is 13.1. The first-order valence-corrected chi connectivity index (χ1v) is 11.7. The van der Waals surface area contributed by atoms with E-state index in [-0.39, 0.29) is 11.9 Å². The van der Waals surface area contributed by atoms with E-state index in [9.17, 15) is 4.39 Å². The molecule has 5 heteroatoms. The van der Waals surface area contributed by atoms with Gasteiger partial charge in [0.25, 0.3) is 0 Å². The Labute approximate surface area is 196 Å². The van der Waals surface area contributed by atoms with Crippen molar-refractivity contribution in [1.82, 2.24) is 9.88 Å². The second-order valence-electron chi connectivity index (χ2n) is 9.06. The number of likely N-dealkylation sites (tertiary alicyclic amines) is 1. The Kier molecular flexibility index (Phi) is 7.73. The van der Waals surface area contributed by atoms with Crippen LogP contribution >= 0.6 is 0 Å². The molecular weight excluding hydrogens is 415 g/mol. The van der Waals surface area contributed by atoms with Gasteiger partial charge in [-0.25, -0.2) is 4.39 Å². The Morgan fingerprint density at radius 1 is 1.03 bits per heavy atom. The average Bonchev–Trinajstić information content (AvgIpc) is 3.25. The number of ether oxygens (including phenoxy) is 2. The summed E-state index contributed by atoms with van der Waals surface area (Å²) in [5.74, 6) is 0.692. The molecular formula is C28H33FN2O2. The summed E-state index contributed by atoms with van der Waals surface area (Å²) in [6.45, 7) is 6.56. The van der Waals surface area contributed by atoms with Crippen molar-refractivity contribution in [3.8, 4) is 5.75 Å². The molecule has 174 valence electrons. The van der Waals surface area contributed by atoms with Crippen LogP contribution in [0, 0.1) is 5.82 Å². The Balaban J connectivity index is 1.44. The lowest BCUT2D eigenvalue weighted by molar-refractivity contribution is 0.174. The highest BCUT2D eigenvalue weighted by molar-refractivity contribution is 5.37. The molecule has 3 aromatic rings. The van der Waals surface area contributed by atoms with Gasteiger partial charge in [0, 0.05) is 25.4 Å². The van der Waals surface area contributed by atoms with Crippen LogP contribution < -0.4 is 4.74 Å². The third-order valence-electron chi connectivity index (χ3n) is 6.05. The molecule has 1 aliphatic heterocycles. The smallest absolute Gasteiger partial charge is 0.125 e. The van der Waals surface area contributed by atoms with Gasteiger partial charge in [0.05, 0.1) is 24.4 Å². The molecule has 4 rings (SSSR count). The molecule has 0 radical (unpaired) electrons. The molecule has 33 heavy (non-hydrogen) atoms. The van der Waals surface area contributed by atoms with Gasteiger partial charge < -0.3 is 9.47 Å². The van der Waals surface area contributed by atoms with Gasteiger partial charge in [0.2, 0.25) is 0 Å². The van der Waals surface area contributed by atoms with E-state index in [0.717, 1.165) is 54.1 Å². The molecule has 2 heterocycles. The fourth-order valence-electron chi connectivity index (χ4n) is 4.53. The second kappa shape index (κ2) is 10.9. The van der Waals surface area contributed by atoms with E-state index in [1.54, 1.807) is 7.11 Å². The van der Waals surface area contributed by atoms with E-state index in [4.69, 9.17) is 14.5 Å². The minimum absolute atomic E-state index is 0.131. The lowest BCUT2D eigenvalue weighted by atomic mass is 10.0. The quantitative estimate of drug-likeness (QED) is 0.397. The predicted molar refractivity (Wildman–Crippen MR) is 129 cm³/mol. The van der Waals surface area contributed by atoms with Crippen LogP contribution in [0.25, 0.3) is 0 Å². The number of benzene rings is 2. The molecule has 2 aromatic carbocycles. The monoisotopic (exact) mass is 448 g/mol. The summed E-state index contributed by atoms with van der Waals surface area (Å²) in [4.78, 5) is 7.32. The molecule has 0 aliphatic carbocycles. The number of pyridine rings is 1. The van der Waals surface area contributed by atoms with E-state index < -0.39 is 0 Å². The molecule has 1 aliphatic rings. The molecule has 0 saturated carbocycles. The topological polar surface area (TPSA) is 34.6 Å². The highest BCUT2D eigenvalue weighted by atomic mass is 19.1. The maximum Gasteiger partial charge on any atom is 0.125 e. The Morgan fingerprint density at radius 2 is 1.79 bits per heavy atom. The number of methoxy groups -OCH3 is 1. The lowest BCUT2D eigenvalue weighted by Gasteiger charge is -2.25. The van der Waals surface area contributed by atoms with Crippen molar-refractivity contribution >= 4 is 0 Å². The van der Waals surface area contributed by atoms with Gasteiger partial charge in [-0.2, -0.15) is 0 Å². The standard InChI is InChI=1S/C28H33FN2O2/c1-20(2)33-28-13-9-23(16-24(28)19-32-3)18-31-14-4-5-27(31)26-12-8-22(17-30-26)15-21-6-10-25(29)11-7-21/h6-13,16-17,20,27H,4-5,14-15,18-19H2,1-3H3. The summed E-state index contributed by atoms with van der Waals surface area (Å²) in [7, 11) is 1.72. The lowest BCUT2D eigenvalue weighted by Crippen LogP contribution is -2.23. The third kappa shape index (κ3) is 6.18. The largest absolute Gasteiger partial charge is 0.491 e. The molecule has 1 saturated heterocycles. The van der Waals surface area contributed by atoms with Gasteiger partial charge in [0.1, 0.15) is 11.6 Å². The number of nitrogens with zero attached hydrogens (tertiary/aromatic N) is 2. The van der Waals surface area contributed by atoms with Gasteiger partial charge in [0.15, 0.2) is 0 Å². The van der Waals surface area contributed by atoms with Crippen molar-refractivity contribution in [3.05, 3.63) is 94.6 Å². The molecule has 0 bridgehead atoms. The van der Waals surface area contributed by atoms with Gasteiger partial charge in [-0.15, -0.1) is 0 Å². The van der Waals surface area contributed by atoms with Crippen LogP contribution in [-0.2, 0) is 24.3 Å². The summed E-state index contributed by atoms with van der Waals surface area (Å²) < 4.78 is 24.5. The summed E-state index contributed by atoms with van der Waals surface area (Å²) in [5, 5.41) is 0. The van der Waals surface area contributed by atoms with Crippen molar-refractivity contribution in [1.29, 1.82) is 0 Å². The number of aromatic nitrogens is 1. The van der Waals surface area contributed by atoms with E-state index in [0.29, 0.717) is 12.6 Å². The molecule has 0 amide bonds. The summed E-state index contributed by atoms with van der Waals surface area (Å²) in [5.41, 5.74) is 5.69. The summed E-state index contributed by atoms with van der Waals surface area (Å²) in [6.07, 6.45) is 5.14. The number of halogens is 1. The minimum Gasteiger partial charge on any atom is -0.491 e. The van der Waals surface area contributed by atoms with Crippen molar-refractivity contribution in [2.45, 2.75) is 58.4 Å². The zero-order chi connectivity index (χ0) is 23.2. The summed E-state index contributed by atoms with van der Waals surface area (Å²) in [6, 6.07) is 17.7. The Hall–Kier alpha value is -2.76. The summed E-state index contributed by atoms with van der Waals surface area (Å²) >= 11 is 0. The van der Waals surface area contributed by atoms with Crippen molar-refractivity contribution in [3.63, 3.8) is 0 Å². The normalized spacial score (nSPS) is 16.5. The zero-order valence-electron chi connectivity index (χ0n) is 19.8. The van der Waals surface area contributed by atoms with Crippen LogP contribution in [0.1, 0.15) is 60.7 Å². The SMILES string of the molecule is COCc1cc(CN2CCCC2c2ccc(Cc3ccc(F)cc3)cn2)ccc1OC(C)C. The first-order chi connectivity index (χ1) is 16.0. The van der Waals surface area contributed by atoms with Crippen LogP contribution in [0.5, 0.6) is 5.75 Å². The molecule has 1 fully saturated rings. The maximum absolute atomic E-state index is 13.1. The fourth-order valence-corrected chi connectivity index (χ4v) is 4.53. The van der Waals surface area contributed by atoms with Crippen LogP contribution in [-0.4, -0.2) is 29.6 Å². The molecule has 1 aromatic heterocycles. The van der Waals surface area contributed by atoms with E-state index in [1.807, 2.05) is 32.2 Å². The second-order valence-corrected chi connectivity index (χ2v) is 9.06. The zero-order valence-corrected chi connectivity index (χ0v) is 19.8. The third-order valence-corrected chi connectivity index (χ3v) is 6.05. The predicted octanol–water partition coefficient (Wildman–Crippen LogP) is 6.08. The van der Waals surface area contributed by atoms with Crippen molar-refractivity contribution < 1.29 is 13.9 Å². The van der Waals surface area contributed by atoms with E-state index in [1.165, 1.54) is 24.1 Å². The van der Waals surface area contributed by atoms with Gasteiger partial charge in [-0.1, -0.05) is 24.3 Å². The number of rotatable bonds is 9. The molecule has 4 nitrogen and oxygen atoms in total. The van der Waals surface area contributed by atoms with Crippen LogP contribution in [0.3, 0.4) is 0 Å². The van der Waals surface area contributed by atoms with Crippen LogP contribution in [0.15, 0.2) is 60.8 Å². The van der Waals surface area contributed by atoms with Crippen molar-refractivity contribution in [2.75, 3.05) is 13.7 Å². The first-order valence-electron chi connectivity index (χ1n) is 11.7. The number of hydrogen-bond acceptors (Lipinski definition) is 4. The number of hydrogen-bond donors (Lipinski definition) is 0. The van der Waals surface area contributed by atoms with Crippen LogP contribution in [0.4, 0.5) is 4.39 Å². The highest BCUT2D eigenvalue weighted by Crippen LogP contribution is 2.33. The van der Waals surface area contributed by atoms with Gasteiger partial charge in [-0.3, -0.25) is 9.88 Å². The molecule has 1 unspecified atom stereocenters. The average molecular weight is 449 g/mol. The molecule has 0 spiro atoms. The minimum atomic E-state index is -0.204. The highest BCUT2D eigenvalue weighted by Gasteiger charge is 2.27. The fraction of sp³-hybridized carbons (Fsp3) is 0.393. The first kappa shape index (κ1) is 23.4. The molecule has 0 N–H and O–H groups in total. The van der Waals surface area contributed by atoms with E-state index in [2.05, 4.69) is 35.2 Å². The van der Waals surface area contributed by atoms with E-state index >= 15 is 0 Å². The Morgan fingerprint density at radius 3 is 2.48 bits per heavy atom. The van der Waals surface area contributed by atoms with Crippen molar-refractivity contribution in [2.24, 2.45) is 0 Å². The van der Waals surface area contributed by atoms with Gasteiger partial charge >= 0.3 is 0 Å².